The molecule has 2 amide bonds. The number of nitrogens with one attached hydrogen (secondary N) is 3. The van der Waals surface area contributed by atoms with E-state index >= 15 is 0 Å². The number of fused-ring (bicyclic) bond motifs is 1. The lowest BCUT2D eigenvalue weighted by molar-refractivity contribution is -0.118. The molecule has 2 fully saturated rings. The average molecular weight is 512 g/mol. The van der Waals surface area contributed by atoms with Crippen LogP contribution in [0, 0.1) is 11.8 Å². The van der Waals surface area contributed by atoms with Gasteiger partial charge in [-0.1, -0.05) is 6.07 Å². The molecule has 3 aromatic rings. The summed E-state index contributed by atoms with van der Waals surface area (Å²) in [5.74, 6) is -3.24. The summed E-state index contributed by atoms with van der Waals surface area (Å²) in [6.07, 6.45) is 3.05. The Morgan fingerprint density at radius 2 is 1.95 bits per heavy atom. The second kappa shape index (κ2) is 9.39. The molecule has 194 valence electrons. The van der Waals surface area contributed by atoms with Crippen LogP contribution in [0.4, 0.5) is 26.2 Å². The highest BCUT2D eigenvalue weighted by atomic mass is 19.3. The van der Waals surface area contributed by atoms with Crippen LogP contribution in [0.15, 0.2) is 42.9 Å². The molecule has 2 aliphatic rings. The number of carbonyl (C=O) groups is 2. The highest BCUT2D eigenvalue weighted by molar-refractivity contribution is 5.99. The summed E-state index contributed by atoms with van der Waals surface area (Å²) in [6, 6.07) is 8.03. The first-order chi connectivity index (χ1) is 17.7. The Morgan fingerprint density at radius 3 is 2.59 bits per heavy atom. The fourth-order valence-corrected chi connectivity index (χ4v) is 4.68. The summed E-state index contributed by atoms with van der Waals surface area (Å²) in [6.45, 7) is 2.20. The van der Waals surface area contributed by atoms with Gasteiger partial charge in [-0.05, 0) is 31.2 Å². The molecule has 2 unspecified atom stereocenters. The van der Waals surface area contributed by atoms with Crippen LogP contribution in [0.1, 0.15) is 23.5 Å². The van der Waals surface area contributed by atoms with E-state index in [1.165, 1.54) is 10.9 Å². The lowest BCUT2D eigenvalue weighted by Gasteiger charge is -2.20. The fraction of sp³-hybridized carbons (Fsp3) is 0.375. The molecule has 0 aromatic carbocycles. The molecule has 5 rings (SSSR count). The SMILES string of the molecule is CNc1ncn([C@@H](C)C(=O)Nc2cccc(-c3ccc(N4CC5C(C4)C5(F)F)nc3)n2)c1C(=O)NCN. The van der Waals surface area contributed by atoms with Crippen LogP contribution in [0.2, 0.25) is 0 Å². The van der Waals surface area contributed by atoms with Gasteiger partial charge in [-0.3, -0.25) is 9.59 Å². The minimum atomic E-state index is -2.53. The van der Waals surface area contributed by atoms with Gasteiger partial charge in [0.1, 0.15) is 17.7 Å². The second-order valence-electron chi connectivity index (χ2n) is 9.08. The van der Waals surface area contributed by atoms with Crippen LogP contribution in [-0.2, 0) is 4.79 Å². The number of amides is 2. The Balaban J connectivity index is 1.27. The number of rotatable bonds is 8. The molecule has 5 N–H and O–H groups in total. The third kappa shape index (κ3) is 4.46. The molecular formula is C24H27F2N9O2. The van der Waals surface area contributed by atoms with Gasteiger partial charge in [0.2, 0.25) is 5.91 Å². The first-order valence-corrected chi connectivity index (χ1v) is 11.8. The zero-order valence-corrected chi connectivity index (χ0v) is 20.3. The van der Waals surface area contributed by atoms with Gasteiger partial charge in [-0.15, -0.1) is 0 Å². The van der Waals surface area contributed by atoms with E-state index in [-0.39, 0.29) is 12.4 Å². The molecule has 3 aromatic heterocycles. The Morgan fingerprint density at radius 1 is 1.19 bits per heavy atom. The Labute approximate surface area is 211 Å². The molecule has 1 saturated carbocycles. The maximum Gasteiger partial charge on any atom is 0.272 e. The van der Waals surface area contributed by atoms with Gasteiger partial charge in [-0.2, -0.15) is 0 Å². The predicted octanol–water partition coefficient (Wildman–Crippen LogP) is 1.93. The largest absolute Gasteiger partial charge is 0.371 e. The number of alkyl halides is 2. The molecule has 1 saturated heterocycles. The van der Waals surface area contributed by atoms with Crippen LogP contribution >= 0.6 is 0 Å². The second-order valence-corrected chi connectivity index (χ2v) is 9.08. The number of piperidine rings is 1. The Bertz CT molecular complexity index is 1310. The lowest BCUT2D eigenvalue weighted by atomic mass is 10.2. The van der Waals surface area contributed by atoms with Gasteiger partial charge in [0.25, 0.3) is 11.8 Å². The van der Waals surface area contributed by atoms with Crippen molar-refractivity contribution in [3.63, 3.8) is 0 Å². The van der Waals surface area contributed by atoms with Gasteiger partial charge in [0, 0.05) is 31.9 Å². The molecule has 1 aliphatic heterocycles. The van der Waals surface area contributed by atoms with Crippen molar-refractivity contribution in [2.24, 2.45) is 17.6 Å². The van der Waals surface area contributed by atoms with Crippen molar-refractivity contribution < 1.29 is 18.4 Å². The van der Waals surface area contributed by atoms with E-state index in [4.69, 9.17) is 5.73 Å². The average Bonchev–Trinajstić information content (AvgIpc) is 3.32. The van der Waals surface area contributed by atoms with Crippen LogP contribution in [0.25, 0.3) is 11.3 Å². The maximum absolute atomic E-state index is 13.5. The number of carbonyl (C=O) groups excluding carboxylic acids is 2. The topological polar surface area (TPSA) is 143 Å². The molecule has 0 bridgehead atoms. The molecule has 13 heteroatoms. The third-order valence-corrected chi connectivity index (χ3v) is 6.87. The summed E-state index contributed by atoms with van der Waals surface area (Å²) < 4.78 is 28.4. The molecule has 3 atom stereocenters. The molecule has 37 heavy (non-hydrogen) atoms. The number of pyridine rings is 2. The number of imidazole rings is 1. The normalized spacial score (nSPS) is 20.2. The summed E-state index contributed by atoms with van der Waals surface area (Å²) in [7, 11) is 1.62. The van der Waals surface area contributed by atoms with Crippen LogP contribution in [0.3, 0.4) is 0 Å². The number of hydrogen-bond donors (Lipinski definition) is 4. The summed E-state index contributed by atoms with van der Waals surface area (Å²) >= 11 is 0. The van der Waals surface area contributed by atoms with Crippen LogP contribution in [-0.4, -0.2) is 64.1 Å². The Hall–Kier alpha value is -4.13. The van der Waals surface area contributed by atoms with Crippen molar-refractivity contribution in [3.8, 4) is 11.3 Å². The lowest BCUT2D eigenvalue weighted by Crippen LogP contribution is -2.33. The van der Waals surface area contributed by atoms with Crippen molar-refractivity contribution in [1.29, 1.82) is 0 Å². The number of halogens is 2. The monoisotopic (exact) mass is 511 g/mol. The molecule has 0 spiro atoms. The van der Waals surface area contributed by atoms with E-state index < -0.39 is 35.6 Å². The van der Waals surface area contributed by atoms with Gasteiger partial charge < -0.3 is 31.2 Å². The zero-order chi connectivity index (χ0) is 26.3. The van der Waals surface area contributed by atoms with Crippen LogP contribution < -0.4 is 26.6 Å². The van der Waals surface area contributed by atoms with Crippen molar-refractivity contribution in [3.05, 3.63) is 48.5 Å². The predicted molar refractivity (Wildman–Crippen MR) is 133 cm³/mol. The molecule has 11 nitrogen and oxygen atoms in total. The number of anilines is 3. The van der Waals surface area contributed by atoms with E-state index in [1.54, 1.807) is 44.4 Å². The first kappa shape index (κ1) is 24.6. The van der Waals surface area contributed by atoms with Crippen molar-refractivity contribution in [1.82, 2.24) is 24.8 Å². The van der Waals surface area contributed by atoms with Gasteiger partial charge in [0.15, 0.2) is 11.5 Å². The van der Waals surface area contributed by atoms with E-state index in [0.717, 1.165) is 5.56 Å². The van der Waals surface area contributed by atoms with E-state index in [1.807, 2.05) is 11.0 Å². The Kier molecular flexibility index (Phi) is 6.23. The highest BCUT2D eigenvalue weighted by Gasteiger charge is 2.71. The minimum Gasteiger partial charge on any atom is -0.371 e. The summed E-state index contributed by atoms with van der Waals surface area (Å²) in [4.78, 5) is 40.5. The summed E-state index contributed by atoms with van der Waals surface area (Å²) in [5, 5.41) is 8.12. The molecular weight excluding hydrogens is 484 g/mol. The van der Waals surface area contributed by atoms with Crippen molar-refractivity contribution >= 4 is 29.3 Å². The quantitative estimate of drug-likeness (QED) is 0.336. The zero-order valence-electron chi connectivity index (χ0n) is 20.3. The molecule has 0 radical (unpaired) electrons. The molecule has 4 heterocycles. The van der Waals surface area contributed by atoms with E-state index in [2.05, 4.69) is 30.9 Å². The van der Waals surface area contributed by atoms with Crippen molar-refractivity contribution in [2.75, 3.05) is 42.3 Å². The first-order valence-electron chi connectivity index (χ1n) is 11.8. The van der Waals surface area contributed by atoms with Gasteiger partial charge in [-0.25, -0.2) is 23.7 Å². The smallest absolute Gasteiger partial charge is 0.272 e. The van der Waals surface area contributed by atoms with E-state index in [9.17, 15) is 18.4 Å². The van der Waals surface area contributed by atoms with Gasteiger partial charge in [0.05, 0.1) is 30.5 Å². The number of hydrogen-bond acceptors (Lipinski definition) is 8. The number of aromatic nitrogens is 4. The van der Waals surface area contributed by atoms with Gasteiger partial charge >= 0.3 is 0 Å². The number of nitrogens with two attached hydrogens (primary N) is 1. The maximum atomic E-state index is 13.5. The standard InChI is InChI=1S/C24H27F2N9O2/c1-13(35-12-31-21(28-2)20(35)23(37)30-11-27)22(36)33-18-5-3-4-17(32-18)14-6-7-19(29-8-14)34-9-15-16(10-34)24(15,25)26/h3-8,12-13,15-16,28H,9-11,27H2,1-2H3,(H,30,37)(H,32,33,36)/t13-,15?,16?/m0/s1. The highest BCUT2D eigenvalue weighted by Crippen LogP contribution is 2.59. The fourth-order valence-electron chi connectivity index (χ4n) is 4.68. The van der Waals surface area contributed by atoms with Crippen LogP contribution in [0.5, 0.6) is 0 Å². The number of nitrogens with zero attached hydrogens (tertiary/aromatic N) is 5. The minimum absolute atomic E-state index is 0.0602. The third-order valence-electron chi connectivity index (χ3n) is 6.87. The van der Waals surface area contributed by atoms with E-state index in [0.29, 0.717) is 36.2 Å². The summed E-state index contributed by atoms with van der Waals surface area (Å²) in [5.41, 5.74) is 6.92. The molecule has 1 aliphatic carbocycles. The van der Waals surface area contributed by atoms with Crippen molar-refractivity contribution in [2.45, 2.75) is 18.9 Å².